The van der Waals surface area contributed by atoms with E-state index in [9.17, 15) is 15.3 Å². The number of phenols is 3. The summed E-state index contributed by atoms with van der Waals surface area (Å²) >= 11 is 0. The maximum Gasteiger partial charge on any atom is 0.116 e. The molecule has 5 heteroatoms. The van der Waals surface area contributed by atoms with Crippen molar-refractivity contribution >= 4 is 11.1 Å². The standard InChI is InChI=1S/C24H20N2O3/c27-20-8-4-17(5-9-20)24(18-6-10-21(28)11-7-18)23(15-26-13-12-25-16-26)19-2-1-3-22(29)14-19/h1-14,16,27-29H,15H2. The minimum atomic E-state index is 0.182. The molecule has 0 saturated heterocycles. The Morgan fingerprint density at radius 3 is 1.86 bits per heavy atom. The molecule has 1 heterocycles. The lowest BCUT2D eigenvalue weighted by molar-refractivity contribution is 0.474. The van der Waals surface area contributed by atoms with Crippen molar-refractivity contribution in [3.63, 3.8) is 0 Å². The number of aromatic hydroxyl groups is 3. The number of hydrogen-bond donors (Lipinski definition) is 3. The second-order valence-corrected chi connectivity index (χ2v) is 6.73. The molecular weight excluding hydrogens is 364 g/mol. The molecule has 4 aromatic rings. The van der Waals surface area contributed by atoms with Crippen LogP contribution in [0.25, 0.3) is 11.1 Å². The average molecular weight is 384 g/mol. The van der Waals surface area contributed by atoms with Crippen molar-refractivity contribution < 1.29 is 15.3 Å². The Labute approximate surface area is 168 Å². The van der Waals surface area contributed by atoms with Crippen LogP contribution in [-0.2, 0) is 6.54 Å². The van der Waals surface area contributed by atoms with E-state index in [2.05, 4.69) is 4.98 Å². The first-order valence-electron chi connectivity index (χ1n) is 9.17. The predicted octanol–water partition coefficient (Wildman–Crippen LogP) is 4.66. The molecule has 0 aliphatic rings. The highest BCUT2D eigenvalue weighted by atomic mass is 16.3. The lowest BCUT2D eigenvalue weighted by atomic mass is 9.89. The van der Waals surface area contributed by atoms with Crippen LogP contribution in [-0.4, -0.2) is 24.9 Å². The van der Waals surface area contributed by atoms with Gasteiger partial charge in [0.15, 0.2) is 0 Å². The van der Waals surface area contributed by atoms with Gasteiger partial charge in [-0.3, -0.25) is 0 Å². The lowest BCUT2D eigenvalue weighted by Gasteiger charge is -2.18. The average Bonchev–Trinajstić information content (AvgIpc) is 3.23. The van der Waals surface area contributed by atoms with E-state index in [1.807, 2.05) is 47.2 Å². The first-order valence-corrected chi connectivity index (χ1v) is 9.17. The zero-order valence-electron chi connectivity index (χ0n) is 15.6. The van der Waals surface area contributed by atoms with Gasteiger partial charge in [0.05, 0.1) is 6.33 Å². The Morgan fingerprint density at radius 2 is 1.34 bits per heavy atom. The summed E-state index contributed by atoms with van der Waals surface area (Å²) in [7, 11) is 0. The molecule has 0 unspecified atom stereocenters. The number of phenolic OH excluding ortho intramolecular Hbond substituents is 3. The van der Waals surface area contributed by atoms with Crippen molar-refractivity contribution in [3.05, 3.63) is 108 Å². The summed E-state index contributed by atoms with van der Waals surface area (Å²) in [6.07, 6.45) is 5.35. The van der Waals surface area contributed by atoms with Crippen molar-refractivity contribution in [1.82, 2.24) is 9.55 Å². The maximum atomic E-state index is 10.1. The van der Waals surface area contributed by atoms with E-state index < -0.39 is 0 Å². The van der Waals surface area contributed by atoms with Crippen LogP contribution < -0.4 is 0 Å². The molecule has 0 saturated carbocycles. The first kappa shape index (κ1) is 18.4. The molecule has 0 spiro atoms. The molecule has 0 bridgehead atoms. The second-order valence-electron chi connectivity index (χ2n) is 6.73. The van der Waals surface area contributed by atoms with E-state index >= 15 is 0 Å². The quantitative estimate of drug-likeness (QED) is 0.437. The third-order valence-corrected chi connectivity index (χ3v) is 4.71. The molecule has 0 radical (unpaired) electrons. The molecule has 0 fully saturated rings. The number of rotatable bonds is 5. The van der Waals surface area contributed by atoms with Gasteiger partial charge in [-0.25, -0.2) is 4.98 Å². The molecule has 0 atom stereocenters. The molecule has 3 N–H and O–H groups in total. The predicted molar refractivity (Wildman–Crippen MR) is 112 cm³/mol. The largest absolute Gasteiger partial charge is 0.508 e. The molecule has 0 amide bonds. The zero-order valence-corrected chi connectivity index (χ0v) is 15.6. The van der Waals surface area contributed by atoms with Crippen molar-refractivity contribution in [2.75, 3.05) is 0 Å². The Bertz CT molecular complexity index is 1080. The van der Waals surface area contributed by atoms with Crippen LogP contribution >= 0.6 is 0 Å². The highest BCUT2D eigenvalue weighted by Crippen LogP contribution is 2.35. The second kappa shape index (κ2) is 7.94. The molecule has 1 aromatic heterocycles. The topological polar surface area (TPSA) is 78.5 Å². The Kier molecular flexibility index (Phi) is 5.03. The SMILES string of the molecule is Oc1ccc(C(=C(Cn2ccnc2)c2cccc(O)c2)c2ccc(O)cc2)cc1. The number of allylic oxidation sites excluding steroid dienone is 1. The number of benzene rings is 3. The molecule has 4 rings (SSSR count). The van der Waals surface area contributed by atoms with Gasteiger partial charge in [-0.05, 0) is 64.2 Å². The van der Waals surface area contributed by atoms with Gasteiger partial charge in [0.1, 0.15) is 17.2 Å². The van der Waals surface area contributed by atoms with Gasteiger partial charge < -0.3 is 19.9 Å². The van der Waals surface area contributed by atoms with Crippen LogP contribution in [0.15, 0.2) is 91.5 Å². The fraction of sp³-hybridized carbons (Fsp3) is 0.0417. The highest BCUT2D eigenvalue weighted by Gasteiger charge is 2.15. The minimum Gasteiger partial charge on any atom is -0.508 e. The number of nitrogens with zero attached hydrogens (tertiary/aromatic N) is 2. The molecule has 29 heavy (non-hydrogen) atoms. The summed E-state index contributed by atoms with van der Waals surface area (Å²) in [6.45, 7) is 0.528. The van der Waals surface area contributed by atoms with Gasteiger partial charge in [0.2, 0.25) is 0 Å². The smallest absolute Gasteiger partial charge is 0.116 e. The molecule has 0 aliphatic carbocycles. The van der Waals surface area contributed by atoms with Crippen LogP contribution in [0.3, 0.4) is 0 Å². The van der Waals surface area contributed by atoms with E-state index in [1.165, 1.54) is 0 Å². The van der Waals surface area contributed by atoms with Crippen molar-refractivity contribution in [1.29, 1.82) is 0 Å². The van der Waals surface area contributed by atoms with Crippen LogP contribution in [0.5, 0.6) is 17.2 Å². The van der Waals surface area contributed by atoms with E-state index in [0.717, 1.165) is 27.8 Å². The number of imidazole rings is 1. The van der Waals surface area contributed by atoms with Crippen LogP contribution in [0.2, 0.25) is 0 Å². The fourth-order valence-electron chi connectivity index (χ4n) is 3.34. The minimum absolute atomic E-state index is 0.182. The zero-order chi connectivity index (χ0) is 20.2. The van der Waals surface area contributed by atoms with Crippen LogP contribution in [0.1, 0.15) is 16.7 Å². The monoisotopic (exact) mass is 384 g/mol. The third kappa shape index (κ3) is 4.14. The highest BCUT2D eigenvalue weighted by molar-refractivity contribution is 5.98. The van der Waals surface area contributed by atoms with Gasteiger partial charge in [0, 0.05) is 18.9 Å². The van der Waals surface area contributed by atoms with Gasteiger partial charge in [-0.2, -0.15) is 0 Å². The summed E-state index contributed by atoms with van der Waals surface area (Å²) in [4.78, 5) is 4.14. The third-order valence-electron chi connectivity index (χ3n) is 4.71. The normalized spacial score (nSPS) is 10.6. The Hall–Kier alpha value is -3.99. The first-order chi connectivity index (χ1) is 14.1. The van der Waals surface area contributed by atoms with E-state index in [-0.39, 0.29) is 17.2 Å². The lowest BCUT2D eigenvalue weighted by Crippen LogP contribution is -2.03. The summed E-state index contributed by atoms with van der Waals surface area (Å²) < 4.78 is 1.96. The van der Waals surface area contributed by atoms with E-state index in [4.69, 9.17) is 0 Å². The van der Waals surface area contributed by atoms with Gasteiger partial charge >= 0.3 is 0 Å². The van der Waals surface area contributed by atoms with Gasteiger partial charge in [-0.1, -0.05) is 36.4 Å². The summed E-state index contributed by atoms with van der Waals surface area (Å²) in [6, 6.07) is 21.1. The van der Waals surface area contributed by atoms with Crippen LogP contribution in [0.4, 0.5) is 0 Å². The van der Waals surface area contributed by atoms with E-state index in [0.29, 0.717) is 6.54 Å². The van der Waals surface area contributed by atoms with Crippen LogP contribution in [0, 0.1) is 0 Å². The summed E-state index contributed by atoms with van der Waals surface area (Å²) in [5.41, 5.74) is 4.59. The summed E-state index contributed by atoms with van der Waals surface area (Å²) in [5.74, 6) is 0.557. The number of hydrogen-bond acceptors (Lipinski definition) is 4. The number of aromatic nitrogens is 2. The molecular formula is C24H20N2O3. The van der Waals surface area contributed by atoms with Crippen molar-refractivity contribution in [2.24, 2.45) is 0 Å². The molecule has 0 aliphatic heterocycles. The molecule has 5 nitrogen and oxygen atoms in total. The van der Waals surface area contributed by atoms with Gasteiger partial charge in [-0.15, -0.1) is 0 Å². The maximum absolute atomic E-state index is 10.1. The van der Waals surface area contributed by atoms with E-state index in [1.54, 1.807) is 48.9 Å². The van der Waals surface area contributed by atoms with Gasteiger partial charge in [0.25, 0.3) is 0 Å². The molecule has 144 valence electrons. The molecule has 3 aromatic carbocycles. The summed E-state index contributed by atoms with van der Waals surface area (Å²) in [5, 5.41) is 29.6. The van der Waals surface area contributed by atoms with Crippen molar-refractivity contribution in [2.45, 2.75) is 6.54 Å². The Morgan fingerprint density at radius 1 is 0.724 bits per heavy atom. The van der Waals surface area contributed by atoms with Crippen molar-refractivity contribution in [3.8, 4) is 17.2 Å². The Balaban J connectivity index is 2.00. The fourth-order valence-corrected chi connectivity index (χ4v) is 3.34.